The molecule has 0 atom stereocenters. The molecule has 0 aliphatic heterocycles. The molecule has 1 aromatic carbocycles. The Balaban J connectivity index is 0.000000720. The molecule has 0 N–H and O–H groups in total. The third-order valence-electron chi connectivity index (χ3n) is 1.47. The fourth-order valence-corrected chi connectivity index (χ4v) is 0.959. The predicted molar refractivity (Wildman–Crippen MR) is 41.3 cm³/mol. The van der Waals surface area contributed by atoms with Crippen molar-refractivity contribution in [2.45, 2.75) is 0 Å². The van der Waals surface area contributed by atoms with Crippen molar-refractivity contribution in [1.82, 2.24) is 0 Å². The van der Waals surface area contributed by atoms with Gasteiger partial charge in [-0.1, -0.05) is 12.1 Å². The van der Waals surface area contributed by atoms with E-state index in [9.17, 15) is 4.79 Å². The Kier molecular flexibility index (Phi) is 2.77. The zero-order chi connectivity index (χ0) is 7.68. The summed E-state index contributed by atoms with van der Waals surface area (Å²) >= 11 is 0. The smallest absolute Gasteiger partial charge is 0.241 e. The molecule has 12 heavy (non-hydrogen) atoms. The van der Waals surface area contributed by atoms with Crippen molar-refractivity contribution < 1.29 is 23.9 Å². The topological polar surface area (TPSA) is 30.2 Å². The van der Waals surface area contributed by atoms with Crippen molar-refractivity contribution >= 4 is 11.0 Å². The quantitative estimate of drug-likeness (QED) is 0.402. The molecule has 0 unspecified atom stereocenters. The number of benzene rings is 1. The summed E-state index contributed by atoms with van der Waals surface area (Å²) in [6.07, 6.45) is 0. The van der Waals surface area contributed by atoms with Crippen molar-refractivity contribution in [1.29, 1.82) is 0 Å². The van der Waals surface area contributed by atoms with Crippen LogP contribution < -0.4 is 5.63 Å². The summed E-state index contributed by atoms with van der Waals surface area (Å²) in [7, 11) is 0. The van der Waals surface area contributed by atoms with Crippen LogP contribution >= 0.6 is 0 Å². The van der Waals surface area contributed by atoms with Gasteiger partial charge in [-0.25, -0.2) is 6.07 Å². The normalized spacial score (nSPS) is 9.33. The number of hydrogen-bond acceptors (Lipinski definition) is 2. The van der Waals surface area contributed by atoms with Crippen molar-refractivity contribution in [3.63, 3.8) is 0 Å². The molecule has 1 radical (unpaired) electrons. The first-order chi connectivity index (χ1) is 5.36. The number of rotatable bonds is 0. The minimum atomic E-state index is -0.427. The molecule has 3 heteroatoms. The molecule has 0 amide bonds. The van der Waals surface area contributed by atoms with E-state index in [0.717, 1.165) is 5.39 Å². The van der Waals surface area contributed by atoms with Gasteiger partial charge in [0.1, 0.15) is 0 Å². The molecule has 0 aliphatic carbocycles. The predicted octanol–water partition coefficient (Wildman–Crippen LogP) is 1.59. The van der Waals surface area contributed by atoms with E-state index < -0.39 is 5.63 Å². The number of fused-ring (bicyclic) bond motifs is 1. The second kappa shape index (κ2) is 3.64. The van der Waals surface area contributed by atoms with E-state index in [2.05, 4.69) is 6.07 Å². The van der Waals surface area contributed by atoms with Gasteiger partial charge >= 0.3 is 0 Å². The van der Waals surface area contributed by atoms with Crippen LogP contribution in [0.25, 0.3) is 11.0 Å². The molecule has 1 heterocycles. The van der Waals surface area contributed by atoms with Crippen molar-refractivity contribution in [3.05, 3.63) is 46.8 Å². The summed E-state index contributed by atoms with van der Waals surface area (Å²) in [6.45, 7) is 0. The van der Waals surface area contributed by atoms with Gasteiger partial charge in [-0.15, -0.1) is 11.5 Å². The Morgan fingerprint density at radius 1 is 1.25 bits per heavy atom. The Morgan fingerprint density at radius 2 is 2.00 bits per heavy atom. The molecule has 2 aromatic rings. The van der Waals surface area contributed by atoms with E-state index in [1.54, 1.807) is 12.1 Å². The van der Waals surface area contributed by atoms with Crippen LogP contribution in [0, 0.1) is 6.07 Å². The van der Waals surface area contributed by atoms with E-state index in [-0.39, 0.29) is 19.5 Å². The molecular weight excluding hydrogens is 243 g/mol. The molecule has 0 saturated heterocycles. The summed E-state index contributed by atoms with van der Waals surface area (Å²) in [5, 5.41) is 0.895. The Bertz CT molecular complexity index is 433. The summed E-state index contributed by atoms with van der Waals surface area (Å²) in [4.78, 5) is 10.7. The molecule has 63 valence electrons. The van der Waals surface area contributed by atoms with Crippen LogP contribution in [0.4, 0.5) is 0 Å². The van der Waals surface area contributed by atoms with E-state index in [4.69, 9.17) is 4.42 Å². The standard InChI is InChI=1S/C9H5O2.Rh/c10-9-6-5-7-3-1-2-4-8(7)11-9;/h1-5H;/q-1;. The molecule has 0 aliphatic rings. The molecular formula is C9H5O2Rh-. The molecule has 0 saturated carbocycles. The van der Waals surface area contributed by atoms with E-state index in [0.29, 0.717) is 5.58 Å². The molecule has 0 spiro atoms. The first-order valence-corrected chi connectivity index (χ1v) is 3.27. The SMILES string of the molecule is O=c1[c-]cc2ccccc2o1.[Rh]. The number of hydrogen-bond donors (Lipinski definition) is 0. The molecule has 0 fully saturated rings. The maximum Gasteiger partial charge on any atom is 0.241 e. The van der Waals surface area contributed by atoms with E-state index >= 15 is 0 Å². The average molecular weight is 248 g/mol. The monoisotopic (exact) mass is 248 g/mol. The van der Waals surface area contributed by atoms with E-state index in [1.165, 1.54) is 0 Å². The Labute approximate surface area is 82.0 Å². The van der Waals surface area contributed by atoms with Gasteiger partial charge in [-0.3, -0.25) is 4.79 Å². The summed E-state index contributed by atoms with van der Waals surface area (Å²) < 4.78 is 4.85. The van der Waals surface area contributed by atoms with Crippen LogP contribution in [0.3, 0.4) is 0 Å². The summed E-state index contributed by atoms with van der Waals surface area (Å²) in [5.41, 5.74) is 0.181. The van der Waals surface area contributed by atoms with Crippen LogP contribution in [0.15, 0.2) is 39.5 Å². The third kappa shape index (κ3) is 1.62. The van der Waals surface area contributed by atoms with Gasteiger partial charge in [0.05, 0.1) is 5.58 Å². The fraction of sp³-hybridized carbons (Fsp3) is 0. The van der Waals surface area contributed by atoms with Gasteiger partial charge in [0, 0.05) is 19.5 Å². The number of para-hydroxylation sites is 1. The molecule has 0 bridgehead atoms. The van der Waals surface area contributed by atoms with Gasteiger partial charge in [-0.2, -0.15) is 6.07 Å². The summed E-state index contributed by atoms with van der Waals surface area (Å²) in [6, 6.07) is 11.4. The molecule has 2 nitrogen and oxygen atoms in total. The van der Waals surface area contributed by atoms with Gasteiger partial charge in [0.25, 0.3) is 0 Å². The Morgan fingerprint density at radius 3 is 2.83 bits per heavy atom. The molecule has 1 aromatic heterocycles. The largest absolute Gasteiger partial charge is 0.456 e. The minimum Gasteiger partial charge on any atom is -0.456 e. The second-order valence-corrected chi connectivity index (χ2v) is 2.22. The van der Waals surface area contributed by atoms with E-state index in [1.807, 2.05) is 18.2 Å². The van der Waals surface area contributed by atoms with Crippen LogP contribution in [0.1, 0.15) is 0 Å². The average Bonchev–Trinajstić information content (AvgIpc) is 2.04. The first kappa shape index (κ1) is 9.14. The third-order valence-corrected chi connectivity index (χ3v) is 1.47. The Hall–Kier alpha value is -0.947. The van der Waals surface area contributed by atoms with Gasteiger partial charge in [0.15, 0.2) is 0 Å². The fourth-order valence-electron chi connectivity index (χ4n) is 0.959. The summed E-state index contributed by atoms with van der Waals surface area (Å²) in [5.74, 6) is 0. The van der Waals surface area contributed by atoms with Crippen molar-refractivity contribution in [3.8, 4) is 0 Å². The zero-order valence-electron chi connectivity index (χ0n) is 6.04. The van der Waals surface area contributed by atoms with Gasteiger partial charge < -0.3 is 4.42 Å². The van der Waals surface area contributed by atoms with Crippen molar-refractivity contribution in [2.75, 3.05) is 0 Å². The van der Waals surface area contributed by atoms with Crippen LogP contribution in [0.2, 0.25) is 0 Å². The van der Waals surface area contributed by atoms with Gasteiger partial charge in [0.2, 0.25) is 5.63 Å². The van der Waals surface area contributed by atoms with Gasteiger partial charge in [-0.05, 0) is 6.07 Å². The maximum atomic E-state index is 10.7. The first-order valence-electron chi connectivity index (χ1n) is 3.27. The van der Waals surface area contributed by atoms with Crippen LogP contribution in [-0.4, -0.2) is 0 Å². The van der Waals surface area contributed by atoms with Crippen LogP contribution in [0.5, 0.6) is 0 Å². The minimum absolute atomic E-state index is 0. The second-order valence-electron chi connectivity index (χ2n) is 2.22. The molecule has 2 rings (SSSR count). The van der Waals surface area contributed by atoms with Crippen molar-refractivity contribution in [2.24, 2.45) is 0 Å². The van der Waals surface area contributed by atoms with Crippen LogP contribution in [-0.2, 0) is 19.5 Å². The maximum absolute atomic E-state index is 10.7. The zero-order valence-corrected chi connectivity index (χ0v) is 7.68.